The quantitative estimate of drug-likeness (QED) is 0.451. The van der Waals surface area contributed by atoms with Crippen LogP contribution < -0.4 is 20.1 Å². The number of aryl methyl sites for hydroxylation is 1. The van der Waals surface area contributed by atoms with Crippen LogP contribution in [-0.4, -0.2) is 31.3 Å². The number of carbonyl (C=O) groups excluding carboxylic acids is 2. The highest BCUT2D eigenvalue weighted by Crippen LogP contribution is 2.29. The van der Waals surface area contributed by atoms with Crippen molar-refractivity contribution >= 4 is 35.0 Å². The van der Waals surface area contributed by atoms with Crippen LogP contribution in [0.25, 0.3) is 0 Å². The molecule has 0 heterocycles. The molecule has 0 fully saturated rings. The van der Waals surface area contributed by atoms with Crippen molar-refractivity contribution in [1.29, 1.82) is 0 Å². The number of rotatable bonds is 8. The van der Waals surface area contributed by atoms with Gasteiger partial charge in [-0.2, -0.15) is 0 Å². The molecule has 3 rings (SSSR count). The van der Waals surface area contributed by atoms with Gasteiger partial charge in [-0.25, -0.2) is 0 Å². The summed E-state index contributed by atoms with van der Waals surface area (Å²) in [6.45, 7) is 3.73. The number of anilines is 2. The third-order valence-corrected chi connectivity index (χ3v) is 5.88. The zero-order valence-corrected chi connectivity index (χ0v) is 19.3. The average Bonchev–Trinajstić information content (AvgIpc) is 2.79. The van der Waals surface area contributed by atoms with E-state index in [4.69, 9.17) is 9.47 Å². The Morgan fingerprint density at radius 3 is 2.19 bits per heavy atom. The van der Waals surface area contributed by atoms with Crippen LogP contribution in [0.1, 0.15) is 22.8 Å². The van der Waals surface area contributed by atoms with Crippen LogP contribution in [0.15, 0.2) is 71.6 Å². The molecular weight excluding hydrogens is 424 g/mol. The topological polar surface area (TPSA) is 76.7 Å². The second-order valence-corrected chi connectivity index (χ2v) is 8.56. The minimum absolute atomic E-state index is 0.153. The van der Waals surface area contributed by atoms with E-state index in [1.165, 1.54) is 11.8 Å². The maximum Gasteiger partial charge on any atom is 0.255 e. The van der Waals surface area contributed by atoms with Crippen molar-refractivity contribution in [3.8, 4) is 11.5 Å². The van der Waals surface area contributed by atoms with Crippen molar-refractivity contribution in [2.75, 3.05) is 24.9 Å². The summed E-state index contributed by atoms with van der Waals surface area (Å²) in [6, 6.07) is 20.1. The summed E-state index contributed by atoms with van der Waals surface area (Å²) in [7, 11) is 3.12. The van der Waals surface area contributed by atoms with E-state index in [2.05, 4.69) is 10.6 Å². The first-order valence-corrected chi connectivity index (χ1v) is 10.9. The standard InChI is InChI=1S/C25H26N2O4S/c1-16-8-5-6-11-23(16)25(29)26-18-9-7-10-22(14-18)32-17(2)24(28)27-19-12-20(30-3)15-21(13-19)31-4/h5-15,17H,1-4H3,(H,26,29)(H,27,28). The molecule has 1 atom stereocenters. The van der Waals surface area contributed by atoms with E-state index in [0.29, 0.717) is 28.4 Å². The maximum absolute atomic E-state index is 12.7. The summed E-state index contributed by atoms with van der Waals surface area (Å²) < 4.78 is 10.5. The fraction of sp³-hybridized carbons (Fsp3) is 0.200. The van der Waals surface area contributed by atoms with Gasteiger partial charge in [0.1, 0.15) is 11.5 Å². The largest absolute Gasteiger partial charge is 0.497 e. The van der Waals surface area contributed by atoms with Crippen molar-refractivity contribution in [3.05, 3.63) is 77.9 Å². The van der Waals surface area contributed by atoms with Gasteiger partial charge in [0.05, 0.1) is 19.5 Å². The minimum atomic E-state index is -0.366. The fourth-order valence-electron chi connectivity index (χ4n) is 3.05. The van der Waals surface area contributed by atoms with E-state index in [9.17, 15) is 9.59 Å². The van der Waals surface area contributed by atoms with Gasteiger partial charge in [-0.1, -0.05) is 24.3 Å². The number of carbonyl (C=O) groups is 2. The second kappa shape index (κ2) is 10.7. The van der Waals surface area contributed by atoms with E-state index >= 15 is 0 Å². The lowest BCUT2D eigenvalue weighted by Crippen LogP contribution is -2.22. The molecule has 0 saturated carbocycles. The van der Waals surface area contributed by atoms with Gasteiger partial charge in [-0.05, 0) is 43.7 Å². The number of nitrogens with one attached hydrogen (secondary N) is 2. The molecule has 1 unspecified atom stereocenters. The maximum atomic E-state index is 12.7. The SMILES string of the molecule is COc1cc(NC(=O)C(C)Sc2cccc(NC(=O)c3ccccc3C)c2)cc(OC)c1. The van der Waals surface area contributed by atoms with Crippen molar-refractivity contribution in [2.24, 2.45) is 0 Å². The number of hydrogen-bond acceptors (Lipinski definition) is 5. The summed E-state index contributed by atoms with van der Waals surface area (Å²) in [5.41, 5.74) is 2.81. The van der Waals surface area contributed by atoms with Crippen LogP contribution in [-0.2, 0) is 4.79 Å². The van der Waals surface area contributed by atoms with Crippen molar-refractivity contribution in [2.45, 2.75) is 24.0 Å². The van der Waals surface area contributed by atoms with Gasteiger partial charge in [0.25, 0.3) is 5.91 Å². The van der Waals surface area contributed by atoms with Crippen LogP contribution in [0.2, 0.25) is 0 Å². The average molecular weight is 451 g/mol. The molecule has 0 spiro atoms. The van der Waals surface area contributed by atoms with Crippen LogP contribution in [0, 0.1) is 6.92 Å². The molecule has 2 N–H and O–H groups in total. The Kier molecular flexibility index (Phi) is 7.78. The number of methoxy groups -OCH3 is 2. The number of amides is 2. The van der Waals surface area contributed by atoms with Gasteiger partial charge in [-0.15, -0.1) is 11.8 Å². The van der Waals surface area contributed by atoms with Crippen LogP contribution in [0.4, 0.5) is 11.4 Å². The molecule has 0 saturated heterocycles. The zero-order valence-electron chi connectivity index (χ0n) is 18.5. The highest BCUT2D eigenvalue weighted by atomic mass is 32.2. The molecule has 3 aromatic carbocycles. The Morgan fingerprint density at radius 1 is 0.844 bits per heavy atom. The number of thioether (sulfide) groups is 1. The Balaban J connectivity index is 1.65. The first-order chi connectivity index (χ1) is 15.4. The molecule has 166 valence electrons. The summed E-state index contributed by atoms with van der Waals surface area (Å²) in [4.78, 5) is 26.2. The Bertz CT molecular complexity index is 1090. The Morgan fingerprint density at radius 2 is 1.53 bits per heavy atom. The molecule has 0 aliphatic rings. The molecule has 0 bridgehead atoms. The smallest absolute Gasteiger partial charge is 0.255 e. The van der Waals surface area contributed by atoms with Gasteiger partial charge in [0.15, 0.2) is 0 Å². The zero-order chi connectivity index (χ0) is 23.1. The van der Waals surface area contributed by atoms with E-state index in [-0.39, 0.29) is 17.1 Å². The molecule has 7 heteroatoms. The highest BCUT2D eigenvalue weighted by molar-refractivity contribution is 8.00. The molecule has 32 heavy (non-hydrogen) atoms. The third-order valence-electron chi connectivity index (χ3n) is 4.78. The lowest BCUT2D eigenvalue weighted by atomic mass is 10.1. The normalized spacial score (nSPS) is 11.4. The number of hydrogen-bond donors (Lipinski definition) is 2. The molecule has 6 nitrogen and oxygen atoms in total. The highest BCUT2D eigenvalue weighted by Gasteiger charge is 2.16. The van der Waals surface area contributed by atoms with Gasteiger partial charge in [0.2, 0.25) is 5.91 Å². The first-order valence-electron chi connectivity index (χ1n) is 10.1. The summed E-state index contributed by atoms with van der Waals surface area (Å²) in [6.07, 6.45) is 0. The van der Waals surface area contributed by atoms with Gasteiger partial charge >= 0.3 is 0 Å². The molecule has 0 aliphatic carbocycles. The molecular formula is C25H26N2O4S. The molecule has 2 amide bonds. The fourth-order valence-corrected chi connectivity index (χ4v) is 3.98. The van der Waals surface area contributed by atoms with Crippen molar-refractivity contribution < 1.29 is 19.1 Å². The van der Waals surface area contributed by atoms with Gasteiger partial charge in [-0.3, -0.25) is 9.59 Å². The number of ether oxygens (including phenoxy) is 2. The van der Waals surface area contributed by atoms with Crippen LogP contribution in [0.3, 0.4) is 0 Å². The van der Waals surface area contributed by atoms with E-state index in [0.717, 1.165) is 10.5 Å². The summed E-state index contributed by atoms with van der Waals surface area (Å²) in [5.74, 6) is 0.872. The lowest BCUT2D eigenvalue weighted by molar-refractivity contribution is -0.115. The van der Waals surface area contributed by atoms with Crippen LogP contribution in [0.5, 0.6) is 11.5 Å². The third kappa shape index (κ3) is 6.04. The summed E-state index contributed by atoms with van der Waals surface area (Å²) >= 11 is 1.41. The van der Waals surface area contributed by atoms with E-state index in [1.54, 1.807) is 38.5 Å². The van der Waals surface area contributed by atoms with Gasteiger partial charge < -0.3 is 20.1 Å². The predicted molar refractivity (Wildman–Crippen MR) is 129 cm³/mol. The second-order valence-electron chi connectivity index (χ2n) is 7.15. The van der Waals surface area contributed by atoms with Crippen molar-refractivity contribution in [3.63, 3.8) is 0 Å². The van der Waals surface area contributed by atoms with Crippen LogP contribution >= 0.6 is 11.8 Å². The summed E-state index contributed by atoms with van der Waals surface area (Å²) in [5, 5.41) is 5.46. The minimum Gasteiger partial charge on any atom is -0.497 e. The molecule has 0 aromatic heterocycles. The van der Waals surface area contributed by atoms with Crippen molar-refractivity contribution in [1.82, 2.24) is 0 Å². The van der Waals surface area contributed by atoms with E-state index < -0.39 is 0 Å². The number of benzene rings is 3. The first kappa shape index (κ1) is 23.2. The monoisotopic (exact) mass is 450 g/mol. The van der Waals surface area contributed by atoms with E-state index in [1.807, 2.05) is 56.3 Å². The molecule has 0 radical (unpaired) electrons. The van der Waals surface area contributed by atoms with Gasteiger partial charge in [0, 0.05) is 40.0 Å². The molecule has 3 aromatic rings. The predicted octanol–water partition coefficient (Wildman–Crippen LogP) is 5.38. The lowest BCUT2D eigenvalue weighted by Gasteiger charge is -2.14. The molecule has 0 aliphatic heterocycles. The Hall–Kier alpha value is -3.45. The Labute approximate surface area is 192 Å².